The van der Waals surface area contributed by atoms with E-state index in [-0.39, 0.29) is 5.56 Å². The van der Waals surface area contributed by atoms with E-state index in [9.17, 15) is 4.79 Å². The van der Waals surface area contributed by atoms with Crippen molar-refractivity contribution in [1.82, 2.24) is 15.1 Å². The number of hydrogen-bond acceptors (Lipinski definition) is 4. The Hall–Kier alpha value is -1.36. The average molecular weight is 292 g/mol. The van der Waals surface area contributed by atoms with Crippen molar-refractivity contribution < 1.29 is 0 Å². The number of anilines is 1. The third kappa shape index (κ3) is 4.56. The molecule has 1 fully saturated rings. The van der Waals surface area contributed by atoms with E-state index in [1.165, 1.54) is 19.3 Å². The maximum atomic E-state index is 12.3. The van der Waals surface area contributed by atoms with Crippen LogP contribution in [0.25, 0.3) is 0 Å². The summed E-state index contributed by atoms with van der Waals surface area (Å²) in [6.07, 6.45) is 7.67. The quantitative estimate of drug-likeness (QED) is 0.835. The molecule has 0 spiro atoms. The van der Waals surface area contributed by atoms with Crippen molar-refractivity contribution in [3.8, 4) is 0 Å². The van der Waals surface area contributed by atoms with Crippen LogP contribution in [-0.4, -0.2) is 35.5 Å². The first-order chi connectivity index (χ1) is 10.2. The minimum atomic E-state index is 0.00909. The Bertz CT molecular complexity index is 479. The van der Waals surface area contributed by atoms with Crippen LogP contribution in [0.15, 0.2) is 17.1 Å². The monoisotopic (exact) mass is 292 g/mol. The lowest BCUT2D eigenvalue weighted by Gasteiger charge is -2.28. The molecule has 5 heteroatoms. The lowest BCUT2D eigenvalue weighted by atomic mass is 10.1. The molecule has 0 aromatic carbocycles. The summed E-state index contributed by atoms with van der Waals surface area (Å²) in [5, 5.41) is 7.83. The van der Waals surface area contributed by atoms with E-state index >= 15 is 0 Å². The van der Waals surface area contributed by atoms with Crippen LogP contribution in [0.4, 0.5) is 5.69 Å². The molecule has 0 saturated carbocycles. The summed E-state index contributed by atoms with van der Waals surface area (Å²) in [5.41, 5.74) is 0.986. The molecule has 0 amide bonds. The first kappa shape index (κ1) is 16.0. The Morgan fingerprint density at radius 2 is 2.05 bits per heavy atom. The van der Waals surface area contributed by atoms with Gasteiger partial charge in [-0.3, -0.25) is 4.79 Å². The van der Waals surface area contributed by atoms with Crippen LogP contribution in [0.5, 0.6) is 0 Å². The van der Waals surface area contributed by atoms with E-state index < -0.39 is 0 Å². The van der Waals surface area contributed by atoms with Gasteiger partial charge in [0.15, 0.2) is 0 Å². The maximum absolute atomic E-state index is 12.3. The number of aromatic nitrogens is 2. The minimum absolute atomic E-state index is 0.00909. The van der Waals surface area contributed by atoms with Crippen molar-refractivity contribution in [3.05, 3.63) is 22.6 Å². The van der Waals surface area contributed by atoms with Gasteiger partial charge in [0.05, 0.1) is 18.4 Å². The van der Waals surface area contributed by atoms with Crippen LogP contribution in [0.1, 0.15) is 46.0 Å². The summed E-state index contributed by atoms with van der Waals surface area (Å²) < 4.78 is 1.59. The second-order valence-electron chi connectivity index (χ2n) is 5.84. The molecule has 21 heavy (non-hydrogen) atoms. The number of nitrogens with one attached hydrogen (secondary N) is 1. The summed E-state index contributed by atoms with van der Waals surface area (Å²) in [7, 11) is 0. The smallest absolute Gasteiger partial charge is 0.268 e. The van der Waals surface area contributed by atoms with Crippen molar-refractivity contribution in [2.45, 2.75) is 58.5 Å². The van der Waals surface area contributed by atoms with Crippen LogP contribution < -0.4 is 15.8 Å². The summed E-state index contributed by atoms with van der Waals surface area (Å²) in [6, 6.07) is 2.06. The van der Waals surface area contributed by atoms with Gasteiger partial charge in [-0.15, -0.1) is 0 Å². The molecular weight excluding hydrogens is 264 g/mol. The number of hydrogen-bond donors (Lipinski definition) is 1. The Kier molecular flexibility index (Phi) is 6.23. The molecule has 1 aliphatic rings. The molecule has 1 saturated heterocycles. The fourth-order valence-corrected chi connectivity index (χ4v) is 2.78. The van der Waals surface area contributed by atoms with Gasteiger partial charge in [-0.1, -0.05) is 13.8 Å². The van der Waals surface area contributed by atoms with Crippen LogP contribution in [-0.2, 0) is 6.54 Å². The summed E-state index contributed by atoms with van der Waals surface area (Å²) in [6.45, 7) is 8.01. The summed E-state index contributed by atoms with van der Waals surface area (Å²) in [5.74, 6) is 0. The predicted octanol–water partition coefficient (Wildman–Crippen LogP) is 2.01. The maximum Gasteiger partial charge on any atom is 0.268 e. The van der Waals surface area contributed by atoms with Gasteiger partial charge in [0, 0.05) is 25.2 Å². The minimum Gasteiger partial charge on any atom is -0.370 e. The number of piperidine rings is 1. The summed E-state index contributed by atoms with van der Waals surface area (Å²) >= 11 is 0. The van der Waals surface area contributed by atoms with E-state index in [0.717, 1.165) is 38.2 Å². The van der Waals surface area contributed by atoms with Gasteiger partial charge in [0.25, 0.3) is 5.56 Å². The van der Waals surface area contributed by atoms with E-state index in [0.29, 0.717) is 12.6 Å². The highest BCUT2D eigenvalue weighted by atomic mass is 16.1. The fraction of sp³-hybridized carbons (Fsp3) is 0.750. The van der Waals surface area contributed by atoms with Crippen LogP contribution in [0, 0.1) is 0 Å². The van der Waals surface area contributed by atoms with Gasteiger partial charge < -0.3 is 10.2 Å². The molecular formula is C16H28N4O. The fourth-order valence-electron chi connectivity index (χ4n) is 2.78. The first-order valence-corrected chi connectivity index (χ1v) is 8.30. The van der Waals surface area contributed by atoms with E-state index in [2.05, 4.69) is 29.2 Å². The Labute approximate surface area is 127 Å². The molecule has 1 aromatic rings. The average Bonchev–Trinajstić information content (AvgIpc) is 2.53. The van der Waals surface area contributed by atoms with Crippen molar-refractivity contribution in [3.63, 3.8) is 0 Å². The van der Waals surface area contributed by atoms with E-state index in [1.54, 1.807) is 10.7 Å². The second kappa shape index (κ2) is 8.17. The Morgan fingerprint density at radius 1 is 1.29 bits per heavy atom. The van der Waals surface area contributed by atoms with Gasteiger partial charge in [-0.25, -0.2) is 4.68 Å². The molecule has 1 N–H and O–H groups in total. The third-order valence-corrected chi connectivity index (χ3v) is 4.15. The van der Waals surface area contributed by atoms with Crippen molar-refractivity contribution in [2.75, 3.05) is 24.5 Å². The highest BCUT2D eigenvalue weighted by Crippen LogP contribution is 2.16. The molecule has 5 nitrogen and oxygen atoms in total. The highest BCUT2D eigenvalue weighted by molar-refractivity contribution is 5.43. The molecule has 2 heterocycles. The van der Waals surface area contributed by atoms with Crippen LogP contribution >= 0.6 is 0 Å². The first-order valence-electron chi connectivity index (χ1n) is 8.30. The molecule has 1 aliphatic heterocycles. The predicted molar refractivity (Wildman–Crippen MR) is 86.9 cm³/mol. The zero-order chi connectivity index (χ0) is 15.1. The standard InChI is InChI=1S/C16H28N4O/c1-3-8-17-14(4-2)13-20-16(21)11-15(12-18-20)19-9-6-5-7-10-19/h11-12,14,17H,3-10,13H2,1-2H3. The topological polar surface area (TPSA) is 50.2 Å². The molecule has 118 valence electrons. The van der Waals surface area contributed by atoms with Gasteiger partial charge >= 0.3 is 0 Å². The zero-order valence-electron chi connectivity index (χ0n) is 13.3. The molecule has 0 aliphatic carbocycles. The highest BCUT2D eigenvalue weighted by Gasteiger charge is 2.13. The third-order valence-electron chi connectivity index (χ3n) is 4.15. The van der Waals surface area contributed by atoms with Gasteiger partial charge in [-0.2, -0.15) is 5.10 Å². The molecule has 1 unspecified atom stereocenters. The van der Waals surface area contributed by atoms with Crippen LogP contribution in [0.2, 0.25) is 0 Å². The normalized spacial score (nSPS) is 17.0. The molecule has 1 aromatic heterocycles. The molecule has 0 radical (unpaired) electrons. The van der Waals surface area contributed by atoms with Crippen molar-refractivity contribution in [2.24, 2.45) is 0 Å². The lowest BCUT2D eigenvalue weighted by molar-refractivity contribution is 0.405. The van der Waals surface area contributed by atoms with Crippen LogP contribution in [0.3, 0.4) is 0 Å². The number of nitrogens with zero attached hydrogens (tertiary/aromatic N) is 3. The van der Waals surface area contributed by atoms with Gasteiger partial charge in [0.2, 0.25) is 0 Å². The number of rotatable bonds is 7. The van der Waals surface area contributed by atoms with Gasteiger partial charge in [0.1, 0.15) is 0 Å². The Morgan fingerprint density at radius 3 is 2.67 bits per heavy atom. The second-order valence-corrected chi connectivity index (χ2v) is 5.84. The molecule has 2 rings (SSSR count). The zero-order valence-corrected chi connectivity index (χ0v) is 13.3. The van der Waals surface area contributed by atoms with E-state index in [1.807, 2.05) is 6.20 Å². The summed E-state index contributed by atoms with van der Waals surface area (Å²) in [4.78, 5) is 14.5. The molecule has 1 atom stereocenters. The Balaban J connectivity index is 2.02. The van der Waals surface area contributed by atoms with E-state index in [4.69, 9.17) is 0 Å². The largest absolute Gasteiger partial charge is 0.370 e. The molecule has 0 bridgehead atoms. The SMILES string of the molecule is CCCNC(CC)Cn1ncc(N2CCCCC2)cc1=O. The van der Waals surface area contributed by atoms with Gasteiger partial charge in [-0.05, 0) is 38.6 Å². The van der Waals surface area contributed by atoms with Crippen molar-refractivity contribution in [1.29, 1.82) is 0 Å². The van der Waals surface area contributed by atoms with Crippen molar-refractivity contribution >= 4 is 5.69 Å². The lowest BCUT2D eigenvalue weighted by Crippen LogP contribution is -2.38.